The minimum atomic E-state index is -4.38. The number of aromatic nitrogens is 2. The number of benzene rings is 2. The molecule has 0 saturated heterocycles. The first-order chi connectivity index (χ1) is 15.7. The molecule has 0 radical (unpaired) electrons. The maximum atomic E-state index is 14.2. The van der Waals surface area contributed by atoms with Crippen LogP contribution in [0.5, 0.6) is 0 Å². The highest BCUT2D eigenvalue weighted by molar-refractivity contribution is 7.97. The van der Waals surface area contributed by atoms with Gasteiger partial charge < -0.3 is 0 Å². The van der Waals surface area contributed by atoms with E-state index in [0.717, 1.165) is 41.5 Å². The highest BCUT2D eigenvalue weighted by Crippen LogP contribution is 2.50. The van der Waals surface area contributed by atoms with Gasteiger partial charge in [0.05, 0.1) is 5.56 Å². The zero-order chi connectivity index (χ0) is 23.6. The Hall–Kier alpha value is -2.50. The molecule has 1 aromatic heterocycles. The maximum Gasteiger partial charge on any atom is 0.402 e. The summed E-state index contributed by atoms with van der Waals surface area (Å²) in [5.41, 5.74) is 1.78. The van der Waals surface area contributed by atoms with Crippen molar-refractivity contribution in [2.24, 2.45) is 0 Å². The van der Waals surface area contributed by atoms with Crippen molar-refractivity contribution < 1.29 is 22.4 Å². The maximum absolute atomic E-state index is 14.2. The van der Waals surface area contributed by atoms with Crippen molar-refractivity contribution >= 4 is 34.3 Å². The van der Waals surface area contributed by atoms with E-state index in [0.29, 0.717) is 11.9 Å². The van der Waals surface area contributed by atoms with Crippen LogP contribution in [0.15, 0.2) is 47.4 Å². The molecule has 0 bridgehead atoms. The summed E-state index contributed by atoms with van der Waals surface area (Å²) in [6.07, 6.45) is -1.46. The third kappa shape index (κ3) is 5.36. The van der Waals surface area contributed by atoms with Crippen LogP contribution in [-0.4, -0.2) is 28.8 Å². The molecule has 33 heavy (non-hydrogen) atoms. The van der Waals surface area contributed by atoms with Crippen LogP contribution in [-0.2, 0) is 5.41 Å². The van der Waals surface area contributed by atoms with Gasteiger partial charge in [-0.1, -0.05) is 47.6 Å². The molecule has 4 rings (SSSR count). The molecule has 2 aromatic carbocycles. The van der Waals surface area contributed by atoms with Crippen LogP contribution in [0.1, 0.15) is 45.8 Å². The van der Waals surface area contributed by atoms with E-state index >= 15 is 0 Å². The number of halogens is 4. The largest absolute Gasteiger partial charge is 0.402 e. The van der Waals surface area contributed by atoms with E-state index in [1.807, 2.05) is 19.1 Å². The summed E-state index contributed by atoms with van der Waals surface area (Å²) in [4.78, 5) is 12.9. The summed E-state index contributed by atoms with van der Waals surface area (Å²) in [6.45, 7) is 0.814. The lowest BCUT2D eigenvalue weighted by Crippen LogP contribution is -2.35. The molecule has 5 nitrogen and oxygen atoms in total. The smallest absolute Gasteiger partial charge is 0.296 e. The molecule has 1 aliphatic carbocycles. The van der Waals surface area contributed by atoms with Gasteiger partial charge in [0.1, 0.15) is 17.4 Å². The summed E-state index contributed by atoms with van der Waals surface area (Å²) >= 11 is 1.92. The molecule has 2 N–H and O–H groups in total. The van der Waals surface area contributed by atoms with Crippen molar-refractivity contribution in [3.8, 4) is 0 Å². The Morgan fingerprint density at radius 3 is 2.64 bits per heavy atom. The van der Waals surface area contributed by atoms with Gasteiger partial charge in [0.25, 0.3) is 5.91 Å². The minimum Gasteiger partial charge on any atom is -0.296 e. The second-order valence-corrected chi connectivity index (χ2v) is 9.79. The summed E-state index contributed by atoms with van der Waals surface area (Å²) in [5, 5.41) is 12.0. The minimum absolute atomic E-state index is 0.237. The third-order valence-electron chi connectivity index (χ3n) is 5.48. The number of amides is 1. The zero-order valence-corrected chi connectivity index (χ0v) is 19.1. The Morgan fingerprint density at radius 2 is 1.97 bits per heavy atom. The average Bonchev–Trinajstić information content (AvgIpc) is 3.16. The van der Waals surface area contributed by atoms with E-state index in [1.54, 1.807) is 0 Å². The number of carbonyl (C=O) groups excluding carboxylic acids is 1. The standard InChI is InChI=1S/C22H20F4N4OS2/c1-13-4-2-5-14(10-13)21(8-3-9-21)19-29-30-20(32-19)28-18(31)16-11-15(6-7-17(16)23)33-27-12-22(24,25)26/h2,4-7,10-11,27H,3,8-9,12H2,1H3,(H,28,30,31). The van der Waals surface area contributed by atoms with Gasteiger partial charge in [-0.3, -0.25) is 14.8 Å². The van der Waals surface area contributed by atoms with Crippen molar-refractivity contribution in [1.29, 1.82) is 0 Å². The zero-order valence-electron chi connectivity index (χ0n) is 17.5. The third-order valence-corrected chi connectivity index (χ3v) is 7.30. The van der Waals surface area contributed by atoms with Crippen LogP contribution in [0.2, 0.25) is 0 Å². The molecule has 1 aliphatic rings. The number of nitrogens with one attached hydrogen (secondary N) is 2. The normalized spacial score (nSPS) is 15.2. The topological polar surface area (TPSA) is 66.9 Å². The second-order valence-electron chi connectivity index (χ2n) is 7.85. The van der Waals surface area contributed by atoms with Crippen LogP contribution < -0.4 is 10.0 Å². The number of nitrogens with zero attached hydrogens (tertiary/aromatic N) is 2. The van der Waals surface area contributed by atoms with Gasteiger partial charge in [-0.2, -0.15) is 13.2 Å². The lowest BCUT2D eigenvalue weighted by Gasteiger charge is -2.40. The SMILES string of the molecule is Cc1cccc(C2(c3nnc(NC(=O)c4cc(SNCC(F)(F)F)ccc4F)s3)CCC2)c1. The molecule has 174 valence electrons. The van der Waals surface area contributed by atoms with Gasteiger partial charge in [-0.25, -0.2) is 4.39 Å². The summed E-state index contributed by atoms with van der Waals surface area (Å²) < 4.78 is 53.3. The van der Waals surface area contributed by atoms with Crippen molar-refractivity contribution in [2.45, 2.75) is 42.7 Å². The van der Waals surface area contributed by atoms with Crippen LogP contribution in [0.25, 0.3) is 0 Å². The van der Waals surface area contributed by atoms with Gasteiger partial charge in [-0.15, -0.1) is 10.2 Å². The Morgan fingerprint density at radius 1 is 1.18 bits per heavy atom. The highest BCUT2D eigenvalue weighted by Gasteiger charge is 2.43. The number of aryl methyl sites for hydroxylation is 1. The van der Waals surface area contributed by atoms with Crippen molar-refractivity contribution in [2.75, 3.05) is 11.9 Å². The molecule has 1 heterocycles. The van der Waals surface area contributed by atoms with Crippen molar-refractivity contribution in [1.82, 2.24) is 14.9 Å². The first-order valence-corrected chi connectivity index (χ1v) is 11.8. The quantitative estimate of drug-likeness (QED) is 0.317. The van der Waals surface area contributed by atoms with E-state index in [1.165, 1.54) is 23.5 Å². The fourth-order valence-electron chi connectivity index (χ4n) is 3.67. The fraction of sp³-hybridized carbons (Fsp3) is 0.318. The first-order valence-electron chi connectivity index (χ1n) is 10.1. The number of hydrogen-bond acceptors (Lipinski definition) is 6. The Labute approximate surface area is 196 Å². The number of alkyl halides is 3. The predicted molar refractivity (Wildman–Crippen MR) is 120 cm³/mol. The van der Waals surface area contributed by atoms with Gasteiger partial charge in [-0.05, 0) is 55.5 Å². The van der Waals surface area contributed by atoms with Gasteiger partial charge in [0.15, 0.2) is 0 Å². The van der Waals surface area contributed by atoms with Crippen LogP contribution in [0.4, 0.5) is 22.7 Å². The van der Waals surface area contributed by atoms with Crippen molar-refractivity contribution in [3.63, 3.8) is 0 Å². The molecule has 1 amide bonds. The lowest BCUT2D eigenvalue weighted by atomic mass is 9.65. The molecule has 0 spiro atoms. The fourth-order valence-corrected chi connectivity index (χ4v) is 5.40. The molecule has 1 saturated carbocycles. The monoisotopic (exact) mass is 496 g/mol. The van der Waals surface area contributed by atoms with E-state index in [-0.39, 0.29) is 21.0 Å². The number of hydrogen-bond donors (Lipinski definition) is 2. The molecular formula is C22H20F4N4OS2. The second kappa shape index (κ2) is 9.40. The van der Waals surface area contributed by atoms with Gasteiger partial charge in [0, 0.05) is 10.3 Å². The molecule has 0 aliphatic heterocycles. The number of rotatable bonds is 7. The summed E-state index contributed by atoms with van der Waals surface area (Å²) in [7, 11) is 0. The Kier molecular flexibility index (Phi) is 6.73. The first kappa shape index (κ1) is 23.7. The van der Waals surface area contributed by atoms with Crippen molar-refractivity contribution in [3.05, 3.63) is 70.0 Å². The van der Waals surface area contributed by atoms with E-state index in [2.05, 4.69) is 32.4 Å². The van der Waals surface area contributed by atoms with Crippen LogP contribution in [0, 0.1) is 12.7 Å². The van der Waals surface area contributed by atoms with E-state index in [4.69, 9.17) is 0 Å². The average molecular weight is 497 g/mol. The Bertz CT molecular complexity index is 1160. The summed E-state index contributed by atoms with van der Waals surface area (Å²) in [5.74, 6) is -1.53. The molecule has 11 heteroatoms. The number of anilines is 1. The van der Waals surface area contributed by atoms with Crippen LogP contribution in [0.3, 0.4) is 0 Å². The van der Waals surface area contributed by atoms with E-state index in [9.17, 15) is 22.4 Å². The van der Waals surface area contributed by atoms with Crippen LogP contribution >= 0.6 is 23.3 Å². The Balaban J connectivity index is 1.48. The molecule has 0 atom stereocenters. The lowest BCUT2D eigenvalue weighted by molar-refractivity contribution is -0.120. The molecule has 1 fully saturated rings. The summed E-state index contributed by atoms with van der Waals surface area (Å²) in [6, 6.07) is 11.8. The number of carbonyl (C=O) groups is 1. The van der Waals surface area contributed by atoms with Gasteiger partial charge >= 0.3 is 6.18 Å². The van der Waals surface area contributed by atoms with E-state index < -0.39 is 24.4 Å². The predicted octanol–water partition coefficient (Wildman–Crippen LogP) is 5.87. The molecule has 3 aromatic rings. The van der Waals surface area contributed by atoms with Gasteiger partial charge in [0.2, 0.25) is 5.13 Å². The molecular weight excluding hydrogens is 476 g/mol. The molecule has 0 unspecified atom stereocenters. The highest BCUT2D eigenvalue weighted by atomic mass is 32.2.